The Morgan fingerprint density at radius 1 is 1.47 bits per heavy atom. The molecule has 0 saturated heterocycles. The highest BCUT2D eigenvalue weighted by Crippen LogP contribution is 2.13. The normalized spacial score (nSPS) is 10.6. The number of aromatic carboxylic acids is 1. The van der Waals surface area contributed by atoms with E-state index in [2.05, 4.69) is 14.9 Å². The summed E-state index contributed by atoms with van der Waals surface area (Å²) in [5.74, 6) is -0.138. The maximum absolute atomic E-state index is 10.5. The molecule has 5 nitrogen and oxygen atoms in total. The van der Waals surface area contributed by atoms with Crippen molar-refractivity contribution in [3.05, 3.63) is 18.1 Å². The average molecular weight is 227 g/mol. The molecule has 0 radical (unpaired) electrons. The average Bonchev–Trinajstić information content (AvgIpc) is 2.18. The smallest absolute Gasteiger partial charge is 0.356 e. The molecule has 1 N–H and O–H groups in total. The first kappa shape index (κ1) is 11.9. The third kappa shape index (κ3) is 4.26. The summed E-state index contributed by atoms with van der Waals surface area (Å²) in [7, 11) is 4.00. The minimum absolute atomic E-state index is 0.0213. The Bertz CT molecular complexity index is 327. The van der Waals surface area contributed by atoms with Gasteiger partial charge in [0, 0.05) is 12.3 Å². The number of nitrogens with zero attached hydrogens (tertiary/aromatic N) is 3. The minimum atomic E-state index is -1.05. The van der Waals surface area contributed by atoms with Gasteiger partial charge in [-0.15, -0.1) is 11.8 Å². The largest absolute Gasteiger partial charge is 0.476 e. The van der Waals surface area contributed by atoms with Crippen LogP contribution in [-0.2, 0) is 0 Å². The molecule has 6 heteroatoms. The van der Waals surface area contributed by atoms with Crippen molar-refractivity contribution in [2.45, 2.75) is 5.03 Å². The van der Waals surface area contributed by atoms with E-state index < -0.39 is 5.97 Å². The van der Waals surface area contributed by atoms with Gasteiger partial charge in [-0.2, -0.15) is 0 Å². The maximum Gasteiger partial charge on any atom is 0.356 e. The lowest BCUT2D eigenvalue weighted by atomic mass is 10.5. The molecule has 0 aromatic carbocycles. The summed E-state index contributed by atoms with van der Waals surface area (Å²) in [5.41, 5.74) is -0.0213. The van der Waals surface area contributed by atoms with Gasteiger partial charge in [-0.3, -0.25) is 0 Å². The van der Waals surface area contributed by atoms with E-state index in [9.17, 15) is 4.79 Å². The van der Waals surface area contributed by atoms with Crippen LogP contribution < -0.4 is 0 Å². The maximum atomic E-state index is 10.5. The van der Waals surface area contributed by atoms with E-state index in [0.29, 0.717) is 0 Å². The fourth-order valence-corrected chi connectivity index (χ4v) is 1.75. The number of carboxylic acid groups (broad SMARTS) is 1. The van der Waals surface area contributed by atoms with Gasteiger partial charge >= 0.3 is 5.97 Å². The van der Waals surface area contributed by atoms with Gasteiger partial charge in [0.1, 0.15) is 5.03 Å². The van der Waals surface area contributed by atoms with Crippen molar-refractivity contribution >= 4 is 17.7 Å². The summed E-state index contributed by atoms with van der Waals surface area (Å²) in [6.07, 6.45) is 2.77. The first-order valence-electron chi connectivity index (χ1n) is 4.42. The van der Waals surface area contributed by atoms with E-state index in [0.717, 1.165) is 17.3 Å². The van der Waals surface area contributed by atoms with E-state index in [-0.39, 0.29) is 5.69 Å². The number of carboxylic acids is 1. The highest BCUT2D eigenvalue weighted by molar-refractivity contribution is 7.99. The van der Waals surface area contributed by atoms with Crippen molar-refractivity contribution in [2.24, 2.45) is 0 Å². The molecule has 0 saturated carbocycles. The van der Waals surface area contributed by atoms with Crippen LogP contribution in [0.5, 0.6) is 0 Å². The van der Waals surface area contributed by atoms with Crippen LogP contribution in [0.25, 0.3) is 0 Å². The summed E-state index contributed by atoms with van der Waals surface area (Å²) in [6.45, 7) is 0.951. The number of carbonyl (C=O) groups is 1. The van der Waals surface area contributed by atoms with Crippen LogP contribution in [0.4, 0.5) is 0 Å². The molecule has 0 bridgehead atoms. The Morgan fingerprint density at radius 3 is 2.67 bits per heavy atom. The Labute approximate surface area is 92.5 Å². The zero-order chi connectivity index (χ0) is 11.3. The van der Waals surface area contributed by atoms with Crippen molar-refractivity contribution < 1.29 is 9.90 Å². The first-order chi connectivity index (χ1) is 7.09. The van der Waals surface area contributed by atoms with Crippen LogP contribution in [0.2, 0.25) is 0 Å². The third-order valence-electron chi connectivity index (χ3n) is 1.64. The van der Waals surface area contributed by atoms with Crippen molar-refractivity contribution in [1.29, 1.82) is 0 Å². The number of aromatic nitrogens is 2. The van der Waals surface area contributed by atoms with Crippen LogP contribution in [0.15, 0.2) is 17.4 Å². The minimum Gasteiger partial charge on any atom is -0.476 e. The van der Waals surface area contributed by atoms with E-state index in [1.165, 1.54) is 12.4 Å². The molecular weight excluding hydrogens is 214 g/mol. The van der Waals surface area contributed by atoms with E-state index >= 15 is 0 Å². The summed E-state index contributed by atoms with van der Waals surface area (Å²) < 4.78 is 0. The van der Waals surface area contributed by atoms with Gasteiger partial charge in [-0.1, -0.05) is 0 Å². The molecule has 15 heavy (non-hydrogen) atoms. The Hall–Kier alpha value is -1.14. The van der Waals surface area contributed by atoms with Crippen LogP contribution in [0, 0.1) is 0 Å². The quantitative estimate of drug-likeness (QED) is 0.751. The second-order valence-corrected chi connectivity index (χ2v) is 4.31. The molecule has 0 aliphatic heterocycles. The Morgan fingerprint density at radius 2 is 2.20 bits per heavy atom. The molecule has 1 aromatic heterocycles. The van der Waals surface area contributed by atoms with Crippen molar-refractivity contribution in [3.63, 3.8) is 0 Å². The first-order valence-corrected chi connectivity index (χ1v) is 5.41. The summed E-state index contributed by atoms with van der Waals surface area (Å²) >= 11 is 1.56. The van der Waals surface area contributed by atoms with E-state index in [1.54, 1.807) is 11.8 Å². The molecule has 0 spiro atoms. The Kier molecular flexibility index (Phi) is 4.51. The van der Waals surface area contributed by atoms with Crippen LogP contribution >= 0.6 is 11.8 Å². The standard InChI is InChI=1S/C9H13N3O2S/c1-12(2)3-4-15-8-6-10-7(5-11-8)9(13)14/h5-6H,3-4H2,1-2H3,(H,13,14). The molecule has 0 unspecified atom stereocenters. The van der Waals surface area contributed by atoms with Gasteiger partial charge in [0.15, 0.2) is 5.69 Å². The highest BCUT2D eigenvalue weighted by atomic mass is 32.2. The van der Waals surface area contributed by atoms with Gasteiger partial charge < -0.3 is 10.0 Å². The second kappa shape index (κ2) is 5.67. The molecule has 0 amide bonds. The van der Waals surface area contributed by atoms with Crippen molar-refractivity contribution in [2.75, 3.05) is 26.4 Å². The van der Waals surface area contributed by atoms with Crippen LogP contribution in [-0.4, -0.2) is 52.3 Å². The Balaban J connectivity index is 2.46. The zero-order valence-electron chi connectivity index (χ0n) is 8.67. The number of rotatable bonds is 5. The lowest BCUT2D eigenvalue weighted by Crippen LogP contribution is -2.14. The molecular formula is C9H13N3O2S. The molecule has 0 fully saturated rings. The topological polar surface area (TPSA) is 66.3 Å². The highest BCUT2D eigenvalue weighted by Gasteiger charge is 2.04. The predicted octanol–water partition coefficient (Wildman–Crippen LogP) is 0.829. The number of hydrogen-bond donors (Lipinski definition) is 1. The number of thioether (sulfide) groups is 1. The van der Waals surface area contributed by atoms with Gasteiger partial charge in [-0.05, 0) is 14.1 Å². The molecule has 82 valence electrons. The van der Waals surface area contributed by atoms with Crippen LogP contribution in [0.1, 0.15) is 10.5 Å². The monoisotopic (exact) mass is 227 g/mol. The van der Waals surface area contributed by atoms with Gasteiger partial charge in [-0.25, -0.2) is 14.8 Å². The molecule has 0 aliphatic rings. The predicted molar refractivity (Wildman–Crippen MR) is 58.3 cm³/mol. The fraction of sp³-hybridized carbons (Fsp3) is 0.444. The molecule has 0 aliphatic carbocycles. The van der Waals surface area contributed by atoms with Gasteiger partial charge in [0.05, 0.1) is 12.4 Å². The second-order valence-electron chi connectivity index (χ2n) is 3.20. The molecule has 0 atom stereocenters. The molecule has 1 rings (SSSR count). The lowest BCUT2D eigenvalue weighted by Gasteiger charge is -2.07. The summed E-state index contributed by atoms with van der Waals surface area (Å²) in [4.78, 5) is 20.4. The zero-order valence-corrected chi connectivity index (χ0v) is 9.49. The summed E-state index contributed by atoms with van der Waals surface area (Å²) in [6, 6.07) is 0. The van der Waals surface area contributed by atoms with E-state index in [1.807, 2.05) is 14.1 Å². The van der Waals surface area contributed by atoms with E-state index in [4.69, 9.17) is 5.11 Å². The lowest BCUT2D eigenvalue weighted by molar-refractivity contribution is 0.0689. The SMILES string of the molecule is CN(C)CCSc1cnc(C(=O)O)cn1. The van der Waals surface area contributed by atoms with Gasteiger partial charge in [0.25, 0.3) is 0 Å². The summed E-state index contributed by atoms with van der Waals surface area (Å²) in [5, 5.41) is 9.36. The third-order valence-corrected chi connectivity index (χ3v) is 2.53. The van der Waals surface area contributed by atoms with Crippen LogP contribution in [0.3, 0.4) is 0 Å². The molecule has 1 aromatic rings. The molecule has 1 heterocycles. The fourth-order valence-electron chi connectivity index (χ4n) is 0.834. The van der Waals surface area contributed by atoms with Crippen molar-refractivity contribution in [3.8, 4) is 0 Å². The number of hydrogen-bond acceptors (Lipinski definition) is 5. The van der Waals surface area contributed by atoms with Gasteiger partial charge in [0.2, 0.25) is 0 Å². The van der Waals surface area contributed by atoms with Crippen molar-refractivity contribution in [1.82, 2.24) is 14.9 Å².